The minimum Gasteiger partial charge on any atom is -0.350 e. The second kappa shape index (κ2) is 8.77. The molecule has 0 aliphatic carbocycles. The van der Waals surface area contributed by atoms with Crippen LogP contribution in [0.1, 0.15) is 32.8 Å². The summed E-state index contributed by atoms with van der Waals surface area (Å²) in [6, 6.07) is 4.34. The zero-order chi connectivity index (χ0) is 21.0. The highest BCUT2D eigenvalue weighted by molar-refractivity contribution is 5.90. The summed E-state index contributed by atoms with van der Waals surface area (Å²) in [4.78, 5) is 29.1. The number of aromatic nitrogens is 3. The smallest absolute Gasteiger partial charge is 0.290 e. The quantitative estimate of drug-likeness (QED) is 0.734. The van der Waals surface area contributed by atoms with Crippen LogP contribution in [0.15, 0.2) is 34.1 Å². The van der Waals surface area contributed by atoms with E-state index in [4.69, 9.17) is 0 Å². The Hall–Kier alpha value is -3.03. The van der Waals surface area contributed by atoms with E-state index >= 15 is 0 Å². The lowest BCUT2D eigenvalue weighted by molar-refractivity contribution is 0.595. The number of benzene rings is 1. The van der Waals surface area contributed by atoms with Gasteiger partial charge in [0.15, 0.2) is 5.65 Å². The number of hydrogen-bond donors (Lipinski definition) is 1. The molecule has 8 heteroatoms. The van der Waals surface area contributed by atoms with Crippen LogP contribution in [0.5, 0.6) is 0 Å². The van der Waals surface area contributed by atoms with Crippen molar-refractivity contribution in [1.29, 1.82) is 0 Å². The van der Waals surface area contributed by atoms with Gasteiger partial charge in [-0.1, -0.05) is 26.8 Å². The number of anilines is 2. The average molecular weight is 390 g/mol. The molecule has 3 aromatic rings. The third-order valence-electron chi connectivity index (χ3n) is 4.15. The van der Waals surface area contributed by atoms with Gasteiger partial charge in [0.1, 0.15) is 11.2 Å². The zero-order valence-corrected chi connectivity index (χ0v) is 16.6. The molecule has 0 radical (unpaired) electrons. The fourth-order valence-electron chi connectivity index (χ4n) is 2.79. The summed E-state index contributed by atoms with van der Waals surface area (Å²) in [5.41, 5.74) is -1.13. The molecule has 0 aliphatic rings. The van der Waals surface area contributed by atoms with Crippen molar-refractivity contribution in [2.75, 3.05) is 5.32 Å². The summed E-state index contributed by atoms with van der Waals surface area (Å²) in [7, 11) is 1.33. The first-order chi connectivity index (χ1) is 13.3. The Labute approximate surface area is 161 Å². The largest absolute Gasteiger partial charge is 0.350 e. The molecular weight excluding hydrogens is 366 g/mol. The van der Waals surface area contributed by atoms with Crippen molar-refractivity contribution in [3.8, 4) is 0 Å². The normalized spacial score (nSPS) is 10.5. The third-order valence-corrected chi connectivity index (χ3v) is 4.15. The number of nitrogens with zero attached hydrogens (tertiary/aromatic N) is 3. The van der Waals surface area contributed by atoms with Gasteiger partial charge in [0.05, 0.1) is 17.7 Å². The molecule has 150 valence electrons. The predicted octanol–water partition coefficient (Wildman–Crippen LogP) is 3.86. The Morgan fingerprint density at radius 1 is 1.14 bits per heavy atom. The number of aryl methyl sites for hydroxylation is 3. The first-order valence-electron chi connectivity index (χ1n) is 9.16. The molecule has 1 N–H and O–H groups in total. The van der Waals surface area contributed by atoms with Gasteiger partial charge in [0, 0.05) is 13.6 Å². The summed E-state index contributed by atoms with van der Waals surface area (Å²) in [5, 5.41) is 2.48. The van der Waals surface area contributed by atoms with Gasteiger partial charge in [-0.2, -0.15) is 4.39 Å². The number of fused-ring (bicyclic) bond motifs is 1. The van der Waals surface area contributed by atoms with Crippen molar-refractivity contribution in [1.82, 2.24) is 14.1 Å². The molecule has 2 heterocycles. The fraction of sp³-hybridized carbons (Fsp3) is 0.350. The Morgan fingerprint density at radius 2 is 1.82 bits per heavy atom. The van der Waals surface area contributed by atoms with Crippen LogP contribution < -0.4 is 16.4 Å². The van der Waals surface area contributed by atoms with E-state index in [9.17, 15) is 18.4 Å². The lowest BCUT2D eigenvalue weighted by atomic mass is 10.2. The van der Waals surface area contributed by atoms with E-state index < -0.39 is 22.8 Å². The molecule has 0 amide bonds. The predicted molar refractivity (Wildman–Crippen MR) is 107 cm³/mol. The maximum atomic E-state index is 14.7. The van der Waals surface area contributed by atoms with E-state index in [1.54, 1.807) is 13.0 Å². The Morgan fingerprint density at radius 3 is 2.43 bits per heavy atom. The van der Waals surface area contributed by atoms with Crippen LogP contribution >= 0.6 is 0 Å². The molecule has 0 unspecified atom stereocenters. The molecular formula is C20H24F2N4O2. The zero-order valence-electron chi connectivity index (χ0n) is 16.6. The highest BCUT2D eigenvalue weighted by Gasteiger charge is 2.21. The van der Waals surface area contributed by atoms with Gasteiger partial charge in [-0.3, -0.25) is 18.7 Å². The topological polar surface area (TPSA) is 68.9 Å². The molecule has 3 rings (SSSR count). The van der Waals surface area contributed by atoms with E-state index in [0.29, 0.717) is 18.5 Å². The SMILES string of the molecule is CC.CCCn1cnc2c(c(Nc3ccc(C)cc3F)c(F)c(=O)n2C)c1=O. The monoisotopic (exact) mass is 390 g/mol. The second-order valence-corrected chi connectivity index (χ2v) is 6.10. The minimum atomic E-state index is -1.16. The number of nitrogens with one attached hydrogen (secondary N) is 1. The van der Waals surface area contributed by atoms with Crippen LogP contribution in [0.4, 0.5) is 20.2 Å². The first-order valence-corrected chi connectivity index (χ1v) is 9.16. The Bertz CT molecular complexity index is 1120. The minimum absolute atomic E-state index is 0.0313. The van der Waals surface area contributed by atoms with E-state index in [-0.39, 0.29) is 22.4 Å². The number of pyridine rings is 1. The molecule has 0 atom stereocenters. The van der Waals surface area contributed by atoms with E-state index in [0.717, 1.165) is 4.57 Å². The van der Waals surface area contributed by atoms with Crippen molar-refractivity contribution >= 4 is 22.4 Å². The molecule has 0 aliphatic heterocycles. The van der Waals surface area contributed by atoms with Crippen molar-refractivity contribution in [2.45, 2.75) is 40.7 Å². The van der Waals surface area contributed by atoms with E-state index in [1.165, 1.54) is 30.1 Å². The van der Waals surface area contributed by atoms with E-state index in [2.05, 4.69) is 10.3 Å². The maximum absolute atomic E-state index is 14.7. The second-order valence-electron chi connectivity index (χ2n) is 6.10. The van der Waals surface area contributed by atoms with Crippen molar-refractivity contribution in [3.05, 3.63) is 62.4 Å². The lowest BCUT2D eigenvalue weighted by Gasteiger charge is -2.14. The van der Waals surface area contributed by atoms with Gasteiger partial charge in [0.25, 0.3) is 11.1 Å². The van der Waals surface area contributed by atoms with Gasteiger partial charge in [-0.15, -0.1) is 0 Å². The van der Waals surface area contributed by atoms with Crippen molar-refractivity contribution in [2.24, 2.45) is 7.05 Å². The number of rotatable bonds is 4. The van der Waals surface area contributed by atoms with Gasteiger partial charge in [-0.05, 0) is 31.0 Å². The maximum Gasteiger partial charge on any atom is 0.290 e. The Kier molecular flexibility index (Phi) is 6.66. The average Bonchev–Trinajstić information content (AvgIpc) is 2.68. The van der Waals surface area contributed by atoms with Crippen LogP contribution in [0.3, 0.4) is 0 Å². The molecule has 2 aromatic heterocycles. The number of halogens is 2. The van der Waals surface area contributed by atoms with Gasteiger partial charge >= 0.3 is 0 Å². The summed E-state index contributed by atoms with van der Waals surface area (Å²) in [6.07, 6.45) is 2.00. The summed E-state index contributed by atoms with van der Waals surface area (Å²) in [6.45, 7) is 8.00. The van der Waals surface area contributed by atoms with Crippen molar-refractivity contribution in [3.63, 3.8) is 0 Å². The summed E-state index contributed by atoms with van der Waals surface area (Å²) >= 11 is 0. The van der Waals surface area contributed by atoms with Crippen LogP contribution in [-0.4, -0.2) is 14.1 Å². The highest BCUT2D eigenvalue weighted by Crippen LogP contribution is 2.26. The van der Waals surface area contributed by atoms with Crippen LogP contribution in [0.25, 0.3) is 11.0 Å². The van der Waals surface area contributed by atoms with Crippen molar-refractivity contribution < 1.29 is 8.78 Å². The summed E-state index contributed by atoms with van der Waals surface area (Å²) in [5.74, 6) is -1.77. The lowest BCUT2D eigenvalue weighted by Crippen LogP contribution is -2.29. The standard InChI is InChI=1S/C18H18F2N4O2.C2H6/c1-4-7-24-9-21-16-13(17(24)25)15(14(20)18(26)23(16)3)22-12-6-5-10(2)8-11(12)19;1-2/h5-6,8-9,22H,4,7H2,1-3H3;1-2H3. The van der Waals surface area contributed by atoms with E-state index in [1.807, 2.05) is 20.8 Å². The van der Waals surface area contributed by atoms with Crippen LogP contribution in [0.2, 0.25) is 0 Å². The Balaban J connectivity index is 0.00000136. The molecule has 6 nitrogen and oxygen atoms in total. The third kappa shape index (κ3) is 3.81. The number of hydrogen-bond acceptors (Lipinski definition) is 4. The fourth-order valence-corrected chi connectivity index (χ4v) is 2.79. The molecule has 28 heavy (non-hydrogen) atoms. The van der Waals surface area contributed by atoms with Crippen LogP contribution in [0, 0.1) is 18.6 Å². The molecule has 1 aromatic carbocycles. The molecule has 0 saturated carbocycles. The van der Waals surface area contributed by atoms with Crippen LogP contribution in [-0.2, 0) is 13.6 Å². The summed E-state index contributed by atoms with van der Waals surface area (Å²) < 4.78 is 31.2. The van der Waals surface area contributed by atoms with Gasteiger partial charge in [-0.25, -0.2) is 9.37 Å². The molecule has 0 fully saturated rings. The first kappa shape index (κ1) is 21.3. The van der Waals surface area contributed by atoms with Gasteiger partial charge < -0.3 is 5.32 Å². The molecule has 0 bridgehead atoms. The van der Waals surface area contributed by atoms with Gasteiger partial charge in [0.2, 0.25) is 5.82 Å². The molecule has 0 spiro atoms. The molecule has 0 saturated heterocycles. The highest BCUT2D eigenvalue weighted by atomic mass is 19.1.